The fourth-order valence-electron chi connectivity index (χ4n) is 1.17. The Labute approximate surface area is 78.4 Å². The Hall–Kier alpha value is -1.33. The lowest BCUT2D eigenvalue weighted by molar-refractivity contribution is 0.185. The van der Waals surface area contributed by atoms with Crippen molar-refractivity contribution in [3.05, 3.63) is 35.4 Å². The molecule has 1 rings (SSSR count). The highest BCUT2D eigenvalue weighted by Gasteiger charge is 1.98. The molecule has 2 heteroatoms. The van der Waals surface area contributed by atoms with Crippen molar-refractivity contribution >= 4 is 0 Å². The zero-order valence-corrected chi connectivity index (χ0v) is 7.70. The highest BCUT2D eigenvalue weighted by molar-refractivity contribution is 5.32. The number of benzene rings is 1. The van der Waals surface area contributed by atoms with Crippen LogP contribution in [-0.4, -0.2) is 11.2 Å². The first-order chi connectivity index (χ1) is 6.22. The Kier molecular flexibility index (Phi) is 3.48. The minimum absolute atomic E-state index is 0.272. The summed E-state index contributed by atoms with van der Waals surface area (Å²) in [6, 6.07) is 9.59. The van der Waals surface area contributed by atoms with Gasteiger partial charge in [0.2, 0.25) is 0 Å². The molecule has 0 heterocycles. The maximum atomic E-state index is 9.08. The van der Waals surface area contributed by atoms with Crippen LogP contribution in [-0.2, 0) is 6.42 Å². The number of aryl methyl sites for hydroxylation is 1. The number of hydrogen-bond donors (Lipinski definition) is 1. The van der Waals surface area contributed by atoms with Gasteiger partial charge in [-0.25, -0.2) is 0 Å². The van der Waals surface area contributed by atoms with Gasteiger partial charge in [-0.2, -0.15) is 5.26 Å². The van der Waals surface area contributed by atoms with E-state index in [0.29, 0.717) is 5.56 Å². The molecule has 0 unspecified atom stereocenters. The van der Waals surface area contributed by atoms with Crippen molar-refractivity contribution in [1.82, 2.24) is 0 Å². The van der Waals surface area contributed by atoms with Gasteiger partial charge in [-0.3, -0.25) is 0 Å². The third-order valence-corrected chi connectivity index (χ3v) is 1.91. The van der Waals surface area contributed by atoms with Gasteiger partial charge < -0.3 is 5.11 Å². The highest BCUT2D eigenvalue weighted by atomic mass is 16.3. The van der Waals surface area contributed by atoms with E-state index in [9.17, 15) is 0 Å². The molecule has 0 amide bonds. The zero-order chi connectivity index (χ0) is 9.68. The first kappa shape index (κ1) is 9.76. The molecule has 0 aliphatic rings. The monoisotopic (exact) mass is 175 g/mol. The molecule has 0 saturated carbocycles. The summed E-state index contributed by atoms with van der Waals surface area (Å²) in [6.07, 6.45) is 1.30. The molecule has 0 aliphatic carbocycles. The zero-order valence-electron chi connectivity index (χ0n) is 7.70. The average molecular weight is 175 g/mol. The minimum atomic E-state index is -0.272. The molecule has 1 aromatic carbocycles. The van der Waals surface area contributed by atoms with Crippen LogP contribution < -0.4 is 0 Å². The van der Waals surface area contributed by atoms with E-state index in [0.717, 1.165) is 18.4 Å². The number of nitriles is 1. The lowest BCUT2D eigenvalue weighted by Crippen LogP contribution is -2.01. The molecule has 1 aromatic rings. The van der Waals surface area contributed by atoms with Gasteiger partial charge in [0, 0.05) is 0 Å². The molecule has 68 valence electrons. The number of nitrogens with zero attached hydrogens (tertiary/aromatic N) is 1. The quantitative estimate of drug-likeness (QED) is 0.762. The van der Waals surface area contributed by atoms with E-state index >= 15 is 0 Å². The van der Waals surface area contributed by atoms with Crippen LogP contribution in [0.4, 0.5) is 0 Å². The van der Waals surface area contributed by atoms with E-state index in [4.69, 9.17) is 10.4 Å². The SMILES string of the molecule is C[C@@H](O)CCc1cccc(C#N)c1. The van der Waals surface area contributed by atoms with E-state index in [1.165, 1.54) is 0 Å². The maximum absolute atomic E-state index is 9.08. The van der Waals surface area contributed by atoms with Gasteiger partial charge >= 0.3 is 0 Å². The van der Waals surface area contributed by atoms with Crippen LogP contribution in [0.3, 0.4) is 0 Å². The third-order valence-electron chi connectivity index (χ3n) is 1.91. The van der Waals surface area contributed by atoms with Crippen LogP contribution in [0.2, 0.25) is 0 Å². The summed E-state index contributed by atoms with van der Waals surface area (Å²) in [5.41, 5.74) is 1.79. The van der Waals surface area contributed by atoms with Crippen molar-refractivity contribution < 1.29 is 5.11 Å². The molecular weight excluding hydrogens is 162 g/mol. The van der Waals surface area contributed by atoms with E-state index in [-0.39, 0.29) is 6.10 Å². The predicted octanol–water partition coefficient (Wildman–Crippen LogP) is 1.87. The second-order valence-corrected chi connectivity index (χ2v) is 3.20. The second kappa shape index (κ2) is 4.64. The van der Waals surface area contributed by atoms with Gasteiger partial charge in [0.1, 0.15) is 0 Å². The van der Waals surface area contributed by atoms with Gasteiger partial charge in [-0.15, -0.1) is 0 Å². The van der Waals surface area contributed by atoms with Crippen LogP contribution in [0.25, 0.3) is 0 Å². The molecule has 13 heavy (non-hydrogen) atoms. The fraction of sp³-hybridized carbons (Fsp3) is 0.364. The first-order valence-corrected chi connectivity index (χ1v) is 4.39. The van der Waals surface area contributed by atoms with Gasteiger partial charge in [0.05, 0.1) is 17.7 Å². The van der Waals surface area contributed by atoms with E-state index < -0.39 is 0 Å². The number of rotatable bonds is 3. The van der Waals surface area contributed by atoms with Crippen molar-refractivity contribution in [3.63, 3.8) is 0 Å². The predicted molar refractivity (Wildman–Crippen MR) is 51.2 cm³/mol. The van der Waals surface area contributed by atoms with Crippen LogP contribution in [0.15, 0.2) is 24.3 Å². The summed E-state index contributed by atoms with van der Waals surface area (Å²) >= 11 is 0. The topological polar surface area (TPSA) is 44.0 Å². The van der Waals surface area contributed by atoms with Crippen LogP contribution in [0.1, 0.15) is 24.5 Å². The number of aliphatic hydroxyl groups is 1. The Morgan fingerprint density at radius 2 is 2.31 bits per heavy atom. The van der Waals surface area contributed by atoms with Crippen LogP contribution >= 0.6 is 0 Å². The summed E-state index contributed by atoms with van der Waals surface area (Å²) in [5, 5.41) is 17.7. The molecular formula is C11H13NO. The third kappa shape index (κ3) is 3.27. The smallest absolute Gasteiger partial charge is 0.0991 e. The van der Waals surface area contributed by atoms with Crippen molar-refractivity contribution in [1.29, 1.82) is 5.26 Å². The maximum Gasteiger partial charge on any atom is 0.0991 e. The van der Waals surface area contributed by atoms with Crippen molar-refractivity contribution in [2.24, 2.45) is 0 Å². The lowest BCUT2D eigenvalue weighted by Gasteiger charge is -2.03. The summed E-state index contributed by atoms with van der Waals surface area (Å²) in [5.74, 6) is 0. The Morgan fingerprint density at radius 1 is 1.54 bits per heavy atom. The van der Waals surface area contributed by atoms with Gasteiger partial charge in [0.15, 0.2) is 0 Å². The van der Waals surface area contributed by atoms with Crippen LogP contribution in [0.5, 0.6) is 0 Å². The van der Waals surface area contributed by atoms with Gasteiger partial charge in [-0.05, 0) is 37.5 Å². The fourth-order valence-corrected chi connectivity index (χ4v) is 1.17. The molecule has 0 bridgehead atoms. The molecule has 0 radical (unpaired) electrons. The molecule has 2 nitrogen and oxygen atoms in total. The Balaban J connectivity index is 2.63. The van der Waals surface area contributed by atoms with E-state index in [1.54, 1.807) is 13.0 Å². The number of hydrogen-bond acceptors (Lipinski definition) is 2. The van der Waals surface area contributed by atoms with Crippen molar-refractivity contribution in [2.45, 2.75) is 25.9 Å². The summed E-state index contributed by atoms with van der Waals surface area (Å²) < 4.78 is 0. The molecule has 1 atom stereocenters. The molecule has 0 saturated heterocycles. The summed E-state index contributed by atoms with van der Waals surface area (Å²) in [7, 11) is 0. The Bertz CT molecular complexity index is 312. The largest absolute Gasteiger partial charge is 0.393 e. The highest BCUT2D eigenvalue weighted by Crippen LogP contribution is 2.07. The average Bonchev–Trinajstić information content (AvgIpc) is 2.15. The standard InChI is InChI=1S/C11H13NO/c1-9(13)5-6-10-3-2-4-11(7-10)8-12/h2-4,7,9,13H,5-6H2,1H3/t9-/m1/s1. The minimum Gasteiger partial charge on any atom is -0.393 e. The summed E-state index contributed by atoms with van der Waals surface area (Å²) in [6.45, 7) is 1.77. The van der Waals surface area contributed by atoms with E-state index in [2.05, 4.69) is 6.07 Å². The molecule has 0 aliphatic heterocycles. The van der Waals surface area contributed by atoms with Gasteiger partial charge in [0.25, 0.3) is 0 Å². The molecule has 0 fully saturated rings. The Morgan fingerprint density at radius 3 is 2.92 bits per heavy atom. The molecule has 0 aromatic heterocycles. The van der Waals surface area contributed by atoms with Crippen molar-refractivity contribution in [3.8, 4) is 6.07 Å². The molecule has 0 spiro atoms. The first-order valence-electron chi connectivity index (χ1n) is 4.39. The van der Waals surface area contributed by atoms with Gasteiger partial charge in [-0.1, -0.05) is 12.1 Å². The van der Waals surface area contributed by atoms with Crippen molar-refractivity contribution in [2.75, 3.05) is 0 Å². The van der Waals surface area contributed by atoms with Crippen LogP contribution in [0, 0.1) is 11.3 Å². The molecule has 1 N–H and O–H groups in total. The normalized spacial score (nSPS) is 12.1. The lowest BCUT2D eigenvalue weighted by atomic mass is 10.1. The second-order valence-electron chi connectivity index (χ2n) is 3.20. The van der Waals surface area contributed by atoms with E-state index in [1.807, 2.05) is 18.2 Å². The summed E-state index contributed by atoms with van der Waals surface area (Å²) in [4.78, 5) is 0. The number of aliphatic hydroxyl groups excluding tert-OH is 1.